The van der Waals surface area contributed by atoms with E-state index >= 15 is 0 Å². The van der Waals surface area contributed by atoms with Crippen molar-refractivity contribution in [3.8, 4) is 28.3 Å². The largest absolute Gasteiger partial charge is 0.207 e. The van der Waals surface area contributed by atoms with Crippen molar-refractivity contribution >= 4 is 0 Å². The lowest BCUT2D eigenvalue weighted by Crippen LogP contribution is -1.99. The molecule has 1 aliphatic rings. The van der Waals surface area contributed by atoms with E-state index in [1.165, 1.54) is 6.07 Å². The summed E-state index contributed by atoms with van der Waals surface area (Å²) in [5, 5.41) is 8.90. The SMILES string of the molecule is CCc1c(F)cc2c(c1F)Cc1cc(-c3ccc(C#N)cc3)ccc1-2. The Morgan fingerprint density at radius 1 is 0.960 bits per heavy atom. The molecule has 0 N–H and O–H groups in total. The fourth-order valence-corrected chi connectivity index (χ4v) is 3.55. The third kappa shape index (κ3) is 2.42. The number of fused-ring (bicyclic) bond motifs is 3. The topological polar surface area (TPSA) is 23.8 Å². The molecule has 0 bridgehead atoms. The normalized spacial score (nSPS) is 11.8. The van der Waals surface area contributed by atoms with Crippen molar-refractivity contribution < 1.29 is 8.78 Å². The molecule has 1 aliphatic carbocycles. The van der Waals surface area contributed by atoms with Crippen LogP contribution < -0.4 is 0 Å². The molecule has 0 amide bonds. The van der Waals surface area contributed by atoms with Crippen molar-refractivity contribution in [3.05, 3.63) is 82.4 Å². The maximum absolute atomic E-state index is 14.6. The van der Waals surface area contributed by atoms with Crippen LogP contribution in [0.3, 0.4) is 0 Å². The van der Waals surface area contributed by atoms with Crippen molar-refractivity contribution in [2.45, 2.75) is 19.8 Å². The Morgan fingerprint density at radius 2 is 1.68 bits per heavy atom. The average Bonchev–Trinajstić information content (AvgIpc) is 3.00. The van der Waals surface area contributed by atoms with Crippen molar-refractivity contribution in [2.24, 2.45) is 0 Å². The number of rotatable bonds is 2. The first-order chi connectivity index (χ1) is 12.1. The van der Waals surface area contributed by atoms with Crippen LogP contribution in [0.15, 0.2) is 48.5 Å². The van der Waals surface area contributed by atoms with Crippen molar-refractivity contribution in [2.75, 3.05) is 0 Å². The number of benzene rings is 3. The summed E-state index contributed by atoms with van der Waals surface area (Å²) >= 11 is 0. The summed E-state index contributed by atoms with van der Waals surface area (Å²) < 4.78 is 28.8. The predicted molar refractivity (Wildman–Crippen MR) is 94.1 cm³/mol. The summed E-state index contributed by atoms with van der Waals surface area (Å²) in [7, 11) is 0. The summed E-state index contributed by atoms with van der Waals surface area (Å²) in [4.78, 5) is 0. The molecule has 1 nitrogen and oxygen atoms in total. The van der Waals surface area contributed by atoms with E-state index in [0.717, 1.165) is 22.3 Å². The van der Waals surface area contributed by atoms with Crippen molar-refractivity contribution in [1.29, 1.82) is 5.26 Å². The van der Waals surface area contributed by atoms with Gasteiger partial charge in [0, 0.05) is 17.5 Å². The van der Waals surface area contributed by atoms with Gasteiger partial charge in [0.15, 0.2) is 0 Å². The molecule has 0 radical (unpaired) electrons. The van der Waals surface area contributed by atoms with Gasteiger partial charge in [-0.3, -0.25) is 0 Å². The fraction of sp³-hybridized carbons (Fsp3) is 0.136. The molecule has 3 aromatic rings. The molecule has 0 aromatic heterocycles. The molecule has 0 aliphatic heterocycles. The van der Waals surface area contributed by atoms with E-state index in [-0.39, 0.29) is 5.56 Å². The summed E-state index contributed by atoms with van der Waals surface area (Å²) in [6.45, 7) is 1.76. The van der Waals surface area contributed by atoms with Crippen molar-refractivity contribution in [1.82, 2.24) is 0 Å². The van der Waals surface area contributed by atoms with Gasteiger partial charge in [0.25, 0.3) is 0 Å². The highest BCUT2D eigenvalue weighted by Crippen LogP contribution is 2.41. The van der Waals surface area contributed by atoms with E-state index in [0.29, 0.717) is 29.5 Å². The predicted octanol–water partition coefficient (Wildman–Crippen LogP) is 5.64. The van der Waals surface area contributed by atoms with Gasteiger partial charge >= 0.3 is 0 Å². The second-order valence-corrected chi connectivity index (χ2v) is 6.27. The Bertz CT molecular complexity index is 1030. The van der Waals surface area contributed by atoms with Crippen LogP contribution in [0.1, 0.15) is 29.2 Å². The zero-order valence-electron chi connectivity index (χ0n) is 13.7. The summed E-state index contributed by atoms with van der Waals surface area (Å²) in [5.74, 6) is -0.878. The summed E-state index contributed by atoms with van der Waals surface area (Å²) in [6, 6.07) is 16.8. The van der Waals surface area contributed by atoms with Crippen LogP contribution in [0, 0.1) is 23.0 Å². The molecule has 0 atom stereocenters. The van der Waals surface area contributed by atoms with E-state index in [4.69, 9.17) is 5.26 Å². The van der Waals surface area contributed by atoms with Gasteiger partial charge in [-0.15, -0.1) is 0 Å². The maximum Gasteiger partial charge on any atom is 0.133 e. The molecular formula is C22H15F2N. The minimum atomic E-state index is -0.470. The molecule has 0 saturated heterocycles. The van der Waals surface area contributed by atoms with Crippen LogP contribution >= 0.6 is 0 Å². The quantitative estimate of drug-likeness (QED) is 0.466. The van der Waals surface area contributed by atoms with E-state index in [2.05, 4.69) is 6.07 Å². The average molecular weight is 331 g/mol. The molecule has 4 rings (SSSR count). The van der Waals surface area contributed by atoms with E-state index in [1.807, 2.05) is 30.3 Å². The molecule has 0 unspecified atom stereocenters. The first-order valence-corrected chi connectivity index (χ1v) is 8.26. The monoisotopic (exact) mass is 331 g/mol. The van der Waals surface area contributed by atoms with Crippen LogP contribution in [0.2, 0.25) is 0 Å². The van der Waals surface area contributed by atoms with Gasteiger partial charge in [0.05, 0.1) is 11.6 Å². The molecule has 3 heteroatoms. The minimum Gasteiger partial charge on any atom is -0.207 e. The van der Waals surface area contributed by atoms with Gasteiger partial charge in [-0.1, -0.05) is 37.3 Å². The van der Waals surface area contributed by atoms with Crippen molar-refractivity contribution in [3.63, 3.8) is 0 Å². The van der Waals surface area contributed by atoms with Gasteiger partial charge in [0.1, 0.15) is 11.6 Å². The fourth-order valence-electron chi connectivity index (χ4n) is 3.55. The molecule has 122 valence electrons. The Balaban J connectivity index is 1.79. The lowest BCUT2D eigenvalue weighted by molar-refractivity contribution is 0.553. The second-order valence-electron chi connectivity index (χ2n) is 6.27. The third-order valence-electron chi connectivity index (χ3n) is 4.88. The number of halogens is 2. The zero-order chi connectivity index (χ0) is 17.6. The van der Waals surface area contributed by atoms with E-state index in [1.54, 1.807) is 19.1 Å². The van der Waals surface area contributed by atoms with Crippen LogP contribution in [-0.2, 0) is 12.8 Å². The summed E-state index contributed by atoms with van der Waals surface area (Å²) in [5.41, 5.74) is 5.93. The molecule has 0 fully saturated rings. The van der Waals surface area contributed by atoms with Gasteiger partial charge in [-0.25, -0.2) is 8.78 Å². The lowest BCUT2D eigenvalue weighted by atomic mass is 9.98. The minimum absolute atomic E-state index is 0.166. The van der Waals surface area contributed by atoms with Gasteiger partial charge in [-0.05, 0) is 52.4 Å². The highest BCUT2D eigenvalue weighted by molar-refractivity contribution is 5.80. The molecule has 0 heterocycles. The molecule has 25 heavy (non-hydrogen) atoms. The number of nitrogens with zero attached hydrogens (tertiary/aromatic N) is 1. The zero-order valence-corrected chi connectivity index (χ0v) is 13.7. The Labute approximate surface area is 145 Å². The van der Waals surface area contributed by atoms with E-state index in [9.17, 15) is 8.78 Å². The molecule has 3 aromatic carbocycles. The van der Waals surface area contributed by atoms with Gasteiger partial charge in [-0.2, -0.15) is 5.26 Å². The molecule has 0 saturated carbocycles. The van der Waals surface area contributed by atoms with Crippen LogP contribution in [-0.4, -0.2) is 0 Å². The standard InChI is InChI=1S/C22H15F2N/c1-2-17-21(23)11-19-18-8-7-15(9-16(18)10-20(19)22(17)24)14-5-3-13(12-25)4-6-14/h3-9,11H,2,10H2,1H3. The number of hydrogen-bond donors (Lipinski definition) is 0. The molecule has 0 spiro atoms. The Hall–Kier alpha value is -2.99. The number of hydrogen-bond acceptors (Lipinski definition) is 1. The maximum atomic E-state index is 14.6. The third-order valence-corrected chi connectivity index (χ3v) is 4.88. The second kappa shape index (κ2) is 5.82. The highest BCUT2D eigenvalue weighted by Gasteiger charge is 2.25. The Kier molecular flexibility index (Phi) is 3.62. The first kappa shape index (κ1) is 15.5. The lowest BCUT2D eigenvalue weighted by Gasteiger charge is -2.08. The van der Waals surface area contributed by atoms with Crippen LogP contribution in [0.4, 0.5) is 8.78 Å². The van der Waals surface area contributed by atoms with Crippen LogP contribution in [0.5, 0.6) is 0 Å². The molecular weight excluding hydrogens is 316 g/mol. The number of nitriles is 1. The smallest absolute Gasteiger partial charge is 0.133 e. The van der Waals surface area contributed by atoms with E-state index < -0.39 is 11.6 Å². The Morgan fingerprint density at radius 3 is 2.36 bits per heavy atom. The first-order valence-electron chi connectivity index (χ1n) is 8.26. The summed E-state index contributed by atoms with van der Waals surface area (Å²) in [6.07, 6.45) is 0.825. The van der Waals surface area contributed by atoms with Crippen LogP contribution in [0.25, 0.3) is 22.3 Å². The van der Waals surface area contributed by atoms with Gasteiger partial charge < -0.3 is 0 Å². The van der Waals surface area contributed by atoms with Gasteiger partial charge in [0.2, 0.25) is 0 Å². The highest BCUT2D eigenvalue weighted by atomic mass is 19.1.